The lowest BCUT2D eigenvalue weighted by Crippen LogP contribution is -2.13. The van der Waals surface area contributed by atoms with Crippen LogP contribution in [0, 0.1) is 6.92 Å². The normalized spacial score (nSPS) is 10.6. The number of nitrogens with zero attached hydrogens (tertiary/aromatic N) is 3. The van der Waals surface area contributed by atoms with Crippen molar-refractivity contribution in [2.75, 3.05) is 16.8 Å². The van der Waals surface area contributed by atoms with Crippen molar-refractivity contribution in [3.8, 4) is 0 Å². The van der Waals surface area contributed by atoms with Gasteiger partial charge in [-0.3, -0.25) is 4.79 Å². The van der Waals surface area contributed by atoms with Gasteiger partial charge in [-0.25, -0.2) is 0 Å². The lowest BCUT2D eigenvalue weighted by Gasteiger charge is -2.08. The molecule has 112 valence electrons. The number of nitrogens with one attached hydrogen (secondary N) is 1. The first-order valence-corrected chi connectivity index (χ1v) is 7.67. The summed E-state index contributed by atoms with van der Waals surface area (Å²) in [6.45, 7) is 1.88. The number of halogens is 1. The minimum atomic E-state index is -0.101. The first-order chi connectivity index (χ1) is 9.97. The lowest BCUT2D eigenvalue weighted by molar-refractivity contribution is -0.115. The molecule has 3 N–H and O–H groups in total. The molecule has 0 radical (unpaired) electrons. The van der Waals surface area contributed by atoms with E-state index in [2.05, 4.69) is 15.5 Å². The molecule has 1 aromatic carbocycles. The average molecular weight is 326 g/mol. The van der Waals surface area contributed by atoms with Crippen LogP contribution in [-0.2, 0) is 11.8 Å². The summed E-state index contributed by atoms with van der Waals surface area (Å²) in [5, 5.41) is 12.1. The van der Waals surface area contributed by atoms with Crippen LogP contribution in [0.1, 0.15) is 12.2 Å². The van der Waals surface area contributed by atoms with Gasteiger partial charge < -0.3 is 15.6 Å². The van der Waals surface area contributed by atoms with E-state index in [1.165, 1.54) is 11.8 Å². The number of aryl methyl sites for hydroxylation is 1. The zero-order valence-corrected chi connectivity index (χ0v) is 13.3. The molecule has 0 saturated carbocycles. The minimum Gasteiger partial charge on any atom is -0.397 e. The molecule has 1 heterocycles. The number of nitrogens with two attached hydrogens (primary N) is 1. The van der Waals surface area contributed by atoms with E-state index in [1.807, 2.05) is 18.5 Å². The summed E-state index contributed by atoms with van der Waals surface area (Å²) in [4.78, 5) is 11.9. The fourth-order valence-electron chi connectivity index (χ4n) is 1.61. The van der Waals surface area contributed by atoms with E-state index in [9.17, 15) is 4.79 Å². The molecular formula is C13H16ClN5OS. The van der Waals surface area contributed by atoms with E-state index in [0.717, 1.165) is 11.0 Å². The van der Waals surface area contributed by atoms with Crippen molar-refractivity contribution in [1.29, 1.82) is 0 Å². The van der Waals surface area contributed by atoms with Crippen molar-refractivity contribution in [3.05, 3.63) is 29.0 Å². The van der Waals surface area contributed by atoms with Crippen molar-refractivity contribution in [2.45, 2.75) is 18.5 Å². The molecule has 0 aliphatic rings. The highest BCUT2D eigenvalue weighted by atomic mass is 35.5. The smallest absolute Gasteiger partial charge is 0.225 e. The van der Waals surface area contributed by atoms with Crippen LogP contribution in [0.25, 0.3) is 0 Å². The molecule has 8 heteroatoms. The number of rotatable bonds is 5. The molecule has 0 spiro atoms. The highest BCUT2D eigenvalue weighted by molar-refractivity contribution is 7.99. The average Bonchev–Trinajstić information content (AvgIpc) is 2.74. The Labute approximate surface area is 132 Å². The first kappa shape index (κ1) is 15.7. The molecule has 0 saturated heterocycles. The van der Waals surface area contributed by atoms with Gasteiger partial charge in [0.1, 0.15) is 5.82 Å². The zero-order valence-electron chi connectivity index (χ0n) is 11.8. The Balaban J connectivity index is 1.84. The van der Waals surface area contributed by atoms with Gasteiger partial charge in [0, 0.05) is 24.2 Å². The standard InChI is InChI=1S/C13H16ClN5OS/c1-8-17-18-13(19(8)2)21-6-5-12(20)16-11-4-3-9(14)7-10(11)15/h3-4,7H,5-6,15H2,1-2H3,(H,16,20). The summed E-state index contributed by atoms with van der Waals surface area (Å²) in [6, 6.07) is 4.98. The Morgan fingerprint density at radius 3 is 2.86 bits per heavy atom. The van der Waals surface area contributed by atoms with Crippen molar-refractivity contribution < 1.29 is 4.79 Å². The quantitative estimate of drug-likeness (QED) is 0.651. The number of benzene rings is 1. The Bertz CT molecular complexity index is 658. The first-order valence-electron chi connectivity index (χ1n) is 6.31. The third kappa shape index (κ3) is 4.12. The predicted octanol–water partition coefficient (Wildman–Crippen LogP) is 2.48. The molecule has 2 aromatic rings. The van der Waals surface area contributed by atoms with Crippen molar-refractivity contribution >= 4 is 40.6 Å². The molecule has 0 aliphatic carbocycles. The third-order valence-corrected chi connectivity index (χ3v) is 4.16. The molecule has 1 aromatic heterocycles. The van der Waals surface area contributed by atoms with E-state index in [1.54, 1.807) is 18.2 Å². The second-order valence-corrected chi connectivity index (χ2v) is 5.97. The molecule has 0 aliphatic heterocycles. The molecule has 6 nitrogen and oxygen atoms in total. The van der Waals surface area contributed by atoms with Crippen LogP contribution in [0.5, 0.6) is 0 Å². The number of carbonyl (C=O) groups is 1. The van der Waals surface area contributed by atoms with E-state index in [-0.39, 0.29) is 5.91 Å². The molecule has 0 atom stereocenters. The second kappa shape index (κ2) is 6.82. The maximum Gasteiger partial charge on any atom is 0.225 e. The van der Waals surface area contributed by atoms with Crippen LogP contribution in [0.4, 0.5) is 11.4 Å². The van der Waals surface area contributed by atoms with E-state index >= 15 is 0 Å². The van der Waals surface area contributed by atoms with Gasteiger partial charge in [-0.15, -0.1) is 10.2 Å². The summed E-state index contributed by atoms with van der Waals surface area (Å²) in [5.74, 6) is 1.36. The van der Waals surface area contributed by atoms with Crippen LogP contribution in [-0.4, -0.2) is 26.4 Å². The predicted molar refractivity (Wildman–Crippen MR) is 85.6 cm³/mol. The molecule has 1 amide bonds. The van der Waals surface area contributed by atoms with E-state index in [4.69, 9.17) is 17.3 Å². The van der Waals surface area contributed by atoms with Crippen molar-refractivity contribution in [1.82, 2.24) is 14.8 Å². The van der Waals surface area contributed by atoms with Gasteiger partial charge in [-0.05, 0) is 25.1 Å². The number of aromatic nitrogens is 3. The Hall–Kier alpha value is -1.73. The number of anilines is 2. The number of nitrogen functional groups attached to an aromatic ring is 1. The topological polar surface area (TPSA) is 85.8 Å². The van der Waals surface area contributed by atoms with Crippen LogP contribution < -0.4 is 11.1 Å². The van der Waals surface area contributed by atoms with Crippen molar-refractivity contribution in [2.24, 2.45) is 7.05 Å². The molecule has 2 rings (SSSR count). The monoisotopic (exact) mass is 325 g/mol. The Morgan fingerprint density at radius 1 is 1.48 bits per heavy atom. The zero-order chi connectivity index (χ0) is 15.4. The third-order valence-electron chi connectivity index (χ3n) is 2.90. The number of carbonyl (C=O) groups excluding carboxylic acids is 1. The number of hydrogen-bond acceptors (Lipinski definition) is 5. The maximum atomic E-state index is 11.9. The number of hydrogen-bond donors (Lipinski definition) is 2. The van der Waals surface area contributed by atoms with Crippen LogP contribution in [0.2, 0.25) is 5.02 Å². The van der Waals surface area contributed by atoms with Gasteiger partial charge >= 0.3 is 0 Å². The number of amides is 1. The van der Waals surface area contributed by atoms with Crippen LogP contribution >= 0.6 is 23.4 Å². The highest BCUT2D eigenvalue weighted by Gasteiger charge is 2.09. The fraction of sp³-hybridized carbons (Fsp3) is 0.308. The summed E-state index contributed by atoms with van der Waals surface area (Å²) in [7, 11) is 1.89. The van der Waals surface area contributed by atoms with Gasteiger partial charge in [0.15, 0.2) is 5.16 Å². The lowest BCUT2D eigenvalue weighted by atomic mass is 10.2. The van der Waals surface area contributed by atoms with Gasteiger partial charge in [-0.1, -0.05) is 23.4 Å². The minimum absolute atomic E-state index is 0.101. The summed E-state index contributed by atoms with van der Waals surface area (Å²) < 4.78 is 1.89. The van der Waals surface area contributed by atoms with E-state index in [0.29, 0.717) is 28.6 Å². The summed E-state index contributed by atoms with van der Waals surface area (Å²) >= 11 is 7.30. The molecular weight excluding hydrogens is 310 g/mol. The Morgan fingerprint density at radius 2 is 2.24 bits per heavy atom. The number of thioether (sulfide) groups is 1. The highest BCUT2D eigenvalue weighted by Crippen LogP contribution is 2.23. The molecule has 0 unspecified atom stereocenters. The summed E-state index contributed by atoms with van der Waals surface area (Å²) in [5.41, 5.74) is 6.81. The second-order valence-electron chi connectivity index (χ2n) is 4.47. The van der Waals surface area contributed by atoms with Gasteiger partial charge in [0.25, 0.3) is 0 Å². The van der Waals surface area contributed by atoms with Gasteiger partial charge in [-0.2, -0.15) is 0 Å². The Kier molecular flexibility index (Phi) is 5.08. The molecule has 0 bridgehead atoms. The molecule has 21 heavy (non-hydrogen) atoms. The van der Waals surface area contributed by atoms with Crippen molar-refractivity contribution in [3.63, 3.8) is 0 Å². The van der Waals surface area contributed by atoms with Crippen LogP contribution in [0.15, 0.2) is 23.4 Å². The van der Waals surface area contributed by atoms with E-state index < -0.39 is 0 Å². The van der Waals surface area contributed by atoms with Gasteiger partial charge in [0.05, 0.1) is 11.4 Å². The molecule has 0 fully saturated rings. The van der Waals surface area contributed by atoms with Gasteiger partial charge in [0.2, 0.25) is 5.91 Å². The SMILES string of the molecule is Cc1nnc(SCCC(=O)Nc2ccc(Cl)cc2N)n1C. The largest absolute Gasteiger partial charge is 0.397 e. The maximum absolute atomic E-state index is 11.9. The van der Waals surface area contributed by atoms with Crippen LogP contribution in [0.3, 0.4) is 0 Å². The fourth-order valence-corrected chi connectivity index (χ4v) is 2.68. The summed E-state index contributed by atoms with van der Waals surface area (Å²) in [6.07, 6.45) is 0.360.